The maximum absolute atomic E-state index is 10.9. The van der Waals surface area contributed by atoms with Crippen molar-refractivity contribution in [2.24, 2.45) is 0 Å². The van der Waals surface area contributed by atoms with Crippen molar-refractivity contribution < 1.29 is 9.79 Å². The summed E-state index contributed by atoms with van der Waals surface area (Å²) in [6.07, 6.45) is 4.85. The SMILES string of the molecule is CC(=O)Nc1ccc(NC2=[NH+]CCCCC2)cc1. The van der Waals surface area contributed by atoms with Crippen molar-refractivity contribution in [2.45, 2.75) is 32.6 Å². The zero-order chi connectivity index (χ0) is 12.8. The molecule has 0 aromatic heterocycles. The first-order chi connectivity index (χ1) is 8.74. The molecule has 0 saturated heterocycles. The molecule has 4 heteroatoms. The summed E-state index contributed by atoms with van der Waals surface area (Å²) in [4.78, 5) is 14.3. The Morgan fingerprint density at radius 3 is 2.56 bits per heavy atom. The van der Waals surface area contributed by atoms with Crippen molar-refractivity contribution in [3.05, 3.63) is 24.3 Å². The van der Waals surface area contributed by atoms with Crippen LogP contribution in [0.4, 0.5) is 11.4 Å². The van der Waals surface area contributed by atoms with Gasteiger partial charge >= 0.3 is 0 Å². The van der Waals surface area contributed by atoms with Gasteiger partial charge in [-0.15, -0.1) is 0 Å². The summed E-state index contributed by atoms with van der Waals surface area (Å²) >= 11 is 0. The summed E-state index contributed by atoms with van der Waals surface area (Å²) in [5.41, 5.74) is 1.88. The van der Waals surface area contributed by atoms with E-state index >= 15 is 0 Å². The highest BCUT2D eigenvalue weighted by Gasteiger charge is 2.10. The molecule has 0 atom stereocenters. The Bertz CT molecular complexity index is 437. The summed E-state index contributed by atoms with van der Waals surface area (Å²) in [6.45, 7) is 2.56. The van der Waals surface area contributed by atoms with Crippen LogP contribution < -0.4 is 15.6 Å². The first-order valence-corrected chi connectivity index (χ1v) is 6.48. The van der Waals surface area contributed by atoms with Crippen LogP contribution in [0.3, 0.4) is 0 Å². The Balaban J connectivity index is 1.97. The molecule has 0 radical (unpaired) electrons. The average Bonchev–Trinajstić information content (AvgIpc) is 2.60. The van der Waals surface area contributed by atoms with Crippen LogP contribution in [-0.2, 0) is 4.79 Å². The molecule has 96 valence electrons. The van der Waals surface area contributed by atoms with E-state index in [1.54, 1.807) is 0 Å². The predicted octanol–water partition coefficient (Wildman–Crippen LogP) is 1.11. The Labute approximate surface area is 108 Å². The Morgan fingerprint density at radius 2 is 1.83 bits per heavy atom. The van der Waals surface area contributed by atoms with Gasteiger partial charge in [0, 0.05) is 19.0 Å². The van der Waals surface area contributed by atoms with E-state index in [0.29, 0.717) is 0 Å². The Kier molecular flexibility index (Phi) is 4.34. The number of benzene rings is 1. The molecule has 0 saturated carbocycles. The van der Waals surface area contributed by atoms with Crippen LogP contribution in [0.15, 0.2) is 24.3 Å². The topological polar surface area (TPSA) is 55.1 Å². The third-order valence-corrected chi connectivity index (χ3v) is 2.94. The monoisotopic (exact) mass is 246 g/mol. The quantitative estimate of drug-likeness (QED) is 0.732. The Hall–Kier alpha value is -1.84. The first kappa shape index (κ1) is 12.6. The standard InChI is InChI=1S/C14H19N3O/c1-11(18)16-12-6-8-13(9-7-12)17-14-5-3-2-4-10-15-14/h6-9H,2-5,10H2,1H3,(H,15,17)(H,16,18)/p+1. The summed E-state index contributed by atoms with van der Waals surface area (Å²) in [6, 6.07) is 7.76. The highest BCUT2D eigenvalue weighted by molar-refractivity contribution is 5.92. The lowest BCUT2D eigenvalue weighted by atomic mass is 10.2. The largest absolute Gasteiger partial charge is 0.326 e. The second-order valence-corrected chi connectivity index (χ2v) is 4.60. The van der Waals surface area contributed by atoms with Gasteiger partial charge in [-0.3, -0.25) is 9.79 Å². The summed E-state index contributed by atoms with van der Waals surface area (Å²) in [5.74, 6) is 1.15. The molecular weight excluding hydrogens is 226 g/mol. The zero-order valence-electron chi connectivity index (χ0n) is 10.8. The maximum atomic E-state index is 10.9. The molecular formula is C14H20N3O+. The lowest BCUT2D eigenvalue weighted by Crippen LogP contribution is -2.74. The number of hydrogen-bond acceptors (Lipinski definition) is 2. The molecule has 4 nitrogen and oxygen atoms in total. The van der Waals surface area contributed by atoms with Crippen molar-refractivity contribution in [1.29, 1.82) is 0 Å². The fourth-order valence-corrected chi connectivity index (χ4v) is 2.05. The van der Waals surface area contributed by atoms with Gasteiger partial charge in [0.05, 0.1) is 6.54 Å². The van der Waals surface area contributed by atoms with Crippen LogP contribution in [0.5, 0.6) is 0 Å². The van der Waals surface area contributed by atoms with Gasteiger partial charge in [0.2, 0.25) is 11.7 Å². The molecule has 0 unspecified atom stereocenters. The maximum Gasteiger partial charge on any atom is 0.247 e. The average molecular weight is 246 g/mol. The van der Waals surface area contributed by atoms with Gasteiger partial charge in [-0.1, -0.05) is 0 Å². The van der Waals surface area contributed by atoms with E-state index < -0.39 is 0 Å². The van der Waals surface area contributed by atoms with Gasteiger partial charge in [0.25, 0.3) is 0 Å². The molecule has 0 aliphatic carbocycles. The van der Waals surface area contributed by atoms with Gasteiger partial charge in [-0.05, 0) is 43.5 Å². The van der Waals surface area contributed by atoms with Gasteiger partial charge in [-0.25, -0.2) is 5.32 Å². The number of amides is 1. The molecule has 2 rings (SSSR count). The third-order valence-electron chi connectivity index (χ3n) is 2.94. The van der Waals surface area contributed by atoms with E-state index in [1.165, 1.54) is 32.0 Å². The number of hydrogen-bond donors (Lipinski definition) is 3. The minimum absolute atomic E-state index is 0.0458. The molecule has 1 amide bonds. The molecule has 1 heterocycles. The molecule has 1 aromatic carbocycles. The molecule has 0 bridgehead atoms. The highest BCUT2D eigenvalue weighted by atomic mass is 16.1. The molecule has 3 N–H and O–H groups in total. The number of anilines is 2. The summed E-state index contributed by atoms with van der Waals surface area (Å²) in [5, 5.41) is 6.15. The van der Waals surface area contributed by atoms with E-state index in [1.807, 2.05) is 24.3 Å². The van der Waals surface area contributed by atoms with E-state index in [2.05, 4.69) is 15.6 Å². The van der Waals surface area contributed by atoms with Gasteiger partial charge in [0.1, 0.15) is 5.69 Å². The molecule has 1 aliphatic rings. The second kappa shape index (κ2) is 6.19. The number of carbonyl (C=O) groups is 1. The molecule has 18 heavy (non-hydrogen) atoms. The van der Waals surface area contributed by atoms with Crippen LogP contribution >= 0.6 is 0 Å². The van der Waals surface area contributed by atoms with Crippen molar-refractivity contribution in [1.82, 2.24) is 0 Å². The summed E-state index contributed by atoms with van der Waals surface area (Å²) in [7, 11) is 0. The Morgan fingerprint density at radius 1 is 1.11 bits per heavy atom. The van der Waals surface area contributed by atoms with Crippen LogP contribution in [0.2, 0.25) is 0 Å². The summed E-state index contributed by atoms with van der Waals surface area (Å²) < 4.78 is 0. The molecule has 0 fully saturated rings. The van der Waals surface area contributed by atoms with Gasteiger partial charge in [-0.2, -0.15) is 0 Å². The predicted molar refractivity (Wildman–Crippen MR) is 73.7 cm³/mol. The minimum Gasteiger partial charge on any atom is -0.326 e. The normalized spacial score (nSPS) is 15.5. The van der Waals surface area contributed by atoms with Crippen molar-refractivity contribution >= 4 is 23.1 Å². The number of nitrogens with one attached hydrogen (secondary N) is 3. The van der Waals surface area contributed by atoms with Crippen molar-refractivity contribution in [3.8, 4) is 0 Å². The minimum atomic E-state index is -0.0458. The zero-order valence-corrected chi connectivity index (χ0v) is 10.8. The molecule has 0 spiro atoms. The van der Waals surface area contributed by atoms with E-state index in [0.717, 1.165) is 24.3 Å². The van der Waals surface area contributed by atoms with Crippen molar-refractivity contribution in [3.63, 3.8) is 0 Å². The van der Waals surface area contributed by atoms with Crippen molar-refractivity contribution in [2.75, 3.05) is 17.2 Å². The van der Waals surface area contributed by atoms with E-state index in [9.17, 15) is 4.79 Å². The third kappa shape index (κ3) is 3.87. The van der Waals surface area contributed by atoms with Gasteiger partial charge in [0.15, 0.2) is 0 Å². The number of amidine groups is 1. The van der Waals surface area contributed by atoms with E-state index in [-0.39, 0.29) is 5.91 Å². The van der Waals surface area contributed by atoms with Gasteiger partial charge < -0.3 is 5.32 Å². The van der Waals surface area contributed by atoms with Crippen LogP contribution in [0.25, 0.3) is 0 Å². The lowest BCUT2D eigenvalue weighted by Gasteiger charge is -2.04. The second-order valence-electron chi connectivity index (χ2n) is 4.60. The number of rotatable bonds is 2. The molecule has 1 aliphatic heterocycles. The number of carbonyl (C=O) groups excluding carboxylic acids is 1. The lowest BCUT2D eigenvalue weighted by molar-refractivity contribution is -0.457. The van der Waals surface area contributed by atoms with Crippen LogP contribution in [-0.4, -0.2) is 18.3 Å². The highest BCUT2D eigenvalue weighted by Crippen LogP contribution is 2.14. The fraction of sp³-hybridized carbons (Fsp3) is 0.429. The fourth-order valence-electron chi connectivity index (χ4n) is 2.05. The van der Waals surface area contributed by atoms with Crippen LogP contribution in [0.1, 0.15) is 32.6 Å². The molecule has 1 aromatic rings. The van der Waals surface area contributed by atoms with Crippen LogP contribution in [0, 0.1) is 0 Å². The first-order valence-electron chi connectivity index (χ1n) is 6.48. The smallest absolute Gasteiger partial charge is 0.247 e. The van der Waals surface area contributed by atoms with E-state index in [4.69, 9.17) is 0 Å².